The highest BCUT2D eigenvalue weighted by Gasteiger charge is 2.33. The Morgan fingerprint density at radius 2 is 1.62 bits per heavy atom. The number of amides is 3. The summed E-state index contributed by atoms with van der Waals surface area (Å²) in [5, 5.41) is 26.1. The molecule has 0 radical (unpaired) electrons. The van der Waals surface area contributed by atoms with Crippen molar-refractivity contribution >= 4 is 39.7 Å². The van der Waals surface area contributed by atoms with Crippen LogP contribution in [0, 0.1) is 5.92 Å². The largest absolute Gasteiger partial charge is 0.481 e. The number of hydrogen-bond donors (Lipinski definition) is 5. The summed E-state index contributed by atoms with van der Waals surface area (Å²) in [6.07, 6.45) is 0.414. The predicted molar refractivity (Wildman–Crippen MR) is 140 cm³/mol. The number of carbonyl (C=O) groups excluding carboxylic acids is 3. The maximum absolute atomic E-state index is 13.0. The van der Waals surface area contributed by atoms with Crippen molar-refractivity contribution in [1.82, 2.24) is 16.0 Å². The molecule has 0 saturated heterocycles. The minimum Gasteiger partial charge on any atom is -0.481 e. The lowest BCUT2D eigenvalue weighted by atomic mass is 10.0. The summed E-state index contributed by atoms with van der Waals surface area (Å²) in [5.41, 5.74) is -0.0490. The van der Waals surface area contributed by atoms with Crippen LogP contribution < -0.4 is 16.0 Å². The maximum atomic E-state index is 13.0. The fourth-order valence-electron chi connectivity index (χ4n) is 3.09. The Balaban J connectivity index is 3.04. The normalized spacial score (nSPS) is 13.6. The SMILES string of the molecule is C=C(C(=O)O)[C@H](NC(=O)OCc1ccccc1)C(=O)N[C@H](C(=O)N[C@H](/C=C/S(C)(=O)=O)CCC(=O)O)C(C)C. The Hall–Kier alpha value is -4.20. The van der Waals surface area contributed by atoms with Gasteiger partial charge < -0.3 is 30.9 Å². The number of rotatable bonds is 15. The summed E-state index contributed by atoms with van der Waals surface area (Å²) in [6.45, 7) is 6.32. The number of alkyl carbamates (subject to hydrolysis) is 1. The van der Waals surface area contributed by atoms with Crippen molar-refractivity contribution in [2.24, 2.45) is 5.92 Å². The zero-order chi connectivity index (χ0) is 29.8. The molecule has 0 saturated carbocycles. The molecule has 0 aliphatic heterocycles. The predicted octanol–water partition coefficient (Wildman–Crippen LogP) is 0.971. The van der Waals surface area contributed by atoms with Crippen LogP contribution in [0.5, 0.6) is 0 Å². The van der Waals surface area contributed by atoms with Gasteiger partial charge in [0.1, 0.15) is 18.7 Å². The summed E-state index contributed by atoms with van der Waals surface area (Å²) in [7, 11) is -3.58. The number of aliphatic carboxylic acids is 2. The number of benzene rings is 1. The van der Waals surface area contributed by atoms with E-state index in [1.165, 1.54) is 0 Å². The highest BCUT2D eigenvalue weighted by Crippen LogP contribution is 2.09. The van der Waals surface area contributed by atoms with Gasteiger partial charge in [0, 0.05) is 24.1 Å². The van der Waals surface area contributed by atoms with E-state index in [0.717, 1.165) is 17.7 Å². The molecule has 0 fully saturated rings. The minimum atomic E-state index is -3.58. The van der Waals surface area contributed by atoms with Crippen LogP contribution in [0.25, 0.3) is 0 Å². The van der Waals surface area contributed by atoms with E-state index in [2.05, 4.69) is 22.5 Å². The van der Waals surface area contributed by atoms with E-state index >= 15 is 0 Å². The number of nitrogens with one attached hydrogen (secondary N) is 3. The molecule has 1 aromatic rings. The van der Waals surface area contributed by atoms with E-state index < -0.39 is 69.3 Å². The maximum Gasteiger partial charge on any atom is 0.408 e. The van der Waals surface area contributed by atoms with Crippen molar-refractivity contribution in [3.63, 3.8) is 0 Å². The van der Waals surface area contributed by atoms with Gasteiger partial charge in [0.05, 0.1) is 5.57 Å². The number of ether oxygens (including phenoxy) is 1. The third kappa shape index (κ3) is 12.7. The van der Waals surface area contributed by atoms with E-state index in [-0.39, 0.29) is 19.4 Å². The lowest BCUT2D eigenvalue weighted by Gasteiger charge is -2.26. The average molecular weight is 568 g/mol. The van der Waals surface area contributed by atoms with Crippen molar-refractivity contribution < 1.29 is 47.3 Å². The Labute approximate surface area is 226 Å². The molecule has 39 heavy (non-hydrogen) atoms. The van der Waals surface area contributed by atoms with Crippen LogP contribution in [0.15, 0.2) is 54.0 Å². The van der Waals surface area contributed by atoms with Crippen molar-refractivity contribution in [2.75, 3.05) is 6.26 Å². The summed E-state index contributed by atoms with van der Waals surface area (Å²) in [5.74, 6) is -5.17. The Morgan fingerprint density at radius 1 is 1.00 bits per heavy atom. The summed E-state index contributed by atoms with van der Waals surface area (Å²) in [6, 6.07) is 4.51. The van der Waals surface area contributed by atoms with Crippen LogP contribution in [0.1, 0.15) is 32.3 Å². The molecule has 0 aliphatic carbocycles. The monoisotopic (exact) mass is 567 g/mol. The molecule has 14 heteroatoms. The number of carbonyl (C=O) groups is 5. The first kappa shape index (κ1) is 32.8. The van der Waals surface area contributed by atoms with Crippen molar-refractivity contribution in [2.45, 2.75) is 51.4 Å². The Kier molecular flexibility index (Phi) is 12.9. The van der Waals surface area contributed by atoms with E-state index in [1.807, 2.05) is 0 Å². The van der Waals surface area contributed by atoms with E-state index in [0.29, 0.717) is 5.56 Å². The average Bonchev–Trinajstić information content (AvgIpc) is 2.85. The van der Waals surface area contributed by atoms with Gasteiger partial charge in [-0.2, -0.15) is 0 Å². The number of carboxylic acid groups (broad SMARTS) is 2. The van der Waals surface area contributed by atoms with Gasteiger partial charge in [0.15, 0.2) is 9.84 Å². The summed E-state index contributed by atoms with van der Waals surface area (Å²) >= 11 is 0. The Morgan fingerprint density at radius 3 is 2.13 bits per heavy atom. The van der Waals surface area contributed by atoms with E-state index in [9.17, 15) is 37.5 Å². The van der Waals surface area contributed by atoms with Gasteiger partial charge in [-0.1, -0.05) is 56.8 Å². The lowest BCUT2D eigenvalue weighted by Crippen LogP contribution is -2.57. The standard InChI is InChI=1S/C25H33N3O10S/c1-15(2)20(22(31)26-18(10-11-19(29)30)12-13-39(4,36)37)27-23(32)21(16(3)24(33)34)28-25(35)38-14-17-8-6-5-7-9-17/h5-9,12-13,15,18,20-21H,3,10-11,14H2,1-2,4H3,(H,26,31)(H,27,32)(H,28,35)(H,29,30)(H,33,34)/b13-12+/t18-,20-,21-/m0/s1. The molecule has 0 aliphatic rings. The third-order valence-electron chi connectivity index (χ3n) is 5.16. The molecular formula is C25H33N3O10S. The molecule has 1 aromatic carbocycles. The first-order valence-corrected chi connectivity index (χ1v) is 13.7. The summed E-state index contributed by atoms with van der Waals surface area (Å²) < 4.78 is 28.0. The van der Waals surface area contributed by atoms with Gasteiger partial charge in [0.2, 0.25) is 11.8 Å². The van der Waals surface area contributed by atoms with Gasteiger partial charge in [-0.15, -0.1) is 0 Å². The molecule has 3 atom stereocenters. The fraction of sp³-hybridized carbons (Fsp3) is 0.400. The molecule has 0 unspecified atom stereocenters. The zero-order valence-electron chi connectivity index (χ0n) is 21.7. The molecule has 214 valence electrons. The van der Waals surface area contributed by atoms with Crippen molar-refractivity contribution in [1.29, 1.82) is 0 Å². The Bertz CT molecular complexity index is 1200. The molecule has 0 aromatic heterocycles. The van der Waals surface area contributed by atoms with Crippen LogP contribution in [0.2, 0.25) is 0 Å². The molecule has 1 rings (SSSR count). The number of hydrogen-bond acceptors (Lipinski definition) is 8. The first-order valence-electron chi connectivity index (χ1n) is 11.7. The topological polar surface area (TPSA) is 205 Å². The van der Waals surface area contributed by atoms with E-state index in [1.54, 1.807) is 44.2 Å². The lowest BCUT2D eigenvalue weighted by molar-refractivity contribution is -0.137. The second-order valence-corrected chi connectivity index (χ2v) is 10.8. The van der Waals surface area contributed by atoms with E-state index in [4.69, 9.17) is 9.84 Å². The fourth-order valence-corrected chi connectivity index (χ4v) is 3.57. The van der Waals surface area contributed by atoms with Crippen LogP contribution in [0.3, 0.4) is 0 Å². The minimum absolute atomic E-state index is 0.140. The van der Waals surface area contributed by atoms with Gasteiger partial charge in [-0.25, -0.2) is 18.0 Å². The van der Waals surface area contributed by atoms with Crippen molar-refractivity contribution in [3.8, 4) is 0 Å². The second kappa shape index (κ2) is 15.3. The van der Waals surface area contributed by atoms with Crippen molar-refractivity contribution in [3.05, 3.63) is 59.5 Å². The van der Waals surface area contributed by atoms with Crippen LogP contribution >= 0.6 is 0 Å². The number of sulfone groups is 1. The van der Waals surface area contributed by atoms with Gasteiger partial charge in [-0.3, -0.25) is 14.4 Å². The quantitative estimate of drug-likeness (QED) is 0.190. The van der Waals surface area contributed by atoms with Gasteiger partial charge in [0.25, 0.3) is 0 Å². The smallest absolute Gasteiger partial charge is 0.408 e. The molecule has 0 spiro atoms. The zero-order valence-corrected chi connectivity index (χ0v) is 22.6. The molecule has 0 heterocycles. The van der Waals surface area contributed by atoms with Crippen LogP contribution in [0.4, 0.5) is 4.79 Å². The second-order valence-electron chi connectivity index (χ2n) is 8.91. The van der Waals surface area contributed by atoms with Gasteiger partial charge >= 0.3 is 18.0 Å². The molecule has 0 bridgehead atoms. The highest BCUT2D eigenvalue weighted by molar-refractivity contribution is 7.93. The first-order chi connectivity index (χ1) is 18.1. The van der Waals surface area contributed by atoms with Crippen LogP contribution in [-0.4, -0.2) is 72.9 Å². The summed E-state index contributed by atoms with van der Waals surface area (Å²) in [4.78, 5) is 60.8. The molecular weight excluding hydrogens is 534 g/mol. The number of carboxylic acids is 2. The molecule has 13 nitrogen and oxygen atoms in total. The molecule has 5 N–H and O–H groups in total. The van der Waals surface area contributed by atoms with Crippen LogP contribution in [-0.2, 0) is 40.4 Å². The highest BCUT2D eigenvalue weighted by atomic mass is 32.2. The third-order valence-corrected chi connectivity index (χ3v) is 5.81. The van der Waals surface area contributed by atoms with Gasteiger partial charge in [-0.05, 0) is 17.9 Å². The molecule has 3 amide bonds.